The third-order valence-corrected chi connectivity index (χ3v) is 9.39. The van der Waals surface area contributed by atoms with Crippen molar-refractivity contribution >= 4 is 36.6 Å². The number of imidazole rings is 1. The molecule has 44 heavy (non-hydrogen) atoms. The molecule has 2 amide bonds. The Hall–Kier alpha value is -3.50. The quantitative estimate of drug-likeness (QED) is 0.203. The van der Waals surface area contributed by atoms with Gasteiger partial charge in [-0.05, 0) is 32.2 Å². The van der Waals surface area contributed by atoms with Crippen molar-refractivity contribution in [2.24, 2.45) is 5.92 Å². The van der Waals surface area contributed by atoms with Crippen LogP contribution >= 0.6 is 7.60 Å². The van der Waals surface area contributed by atoms with Crippen LogP contribution in [-0.4, -0.2) is 91.7 Å². The molecular weight excluding hydrogens is 597 g/mol. The van der Waals surface area contributed by atoms with Crippen molar-refractivity contribution in [2.75, 3.05) is 31.2 Å². The predicted molar refractivity (Wildman–Crippen MR) is 154 cm³/mol. The second-order valence-corrected chi connectivity index (χ2v) is 12.8. The SMILES string of the molecule is CCNC(=O)Nc1ncnc2c1ncn2[C@@H]1O[C@H](COP(=O)(O)CC2CCNC(C(=O)O)C2)C2O[C@H](c3ccccc3)O[C@@H]21. The molecule has 236 valence electrons. The van der Waals surface area contributed by atoms with E-state index in [2.05, 4.69) is 30.9 Å². The fourth-order valence-electron chi connectivity index (χ4n) is 5.82. The van der Waals surface area contributed by atoms with Crippen LogP contribution in [0.2, 0.25) is 0 Å². The van der Waals surface area contributed by atoms with Crippen molar-refractivity contribution in [3.63, 3.8) is 0 Å². The normalized spacial score (nSPS) is 29.6. The molecule has 3 saturated heterocycles. The molecule has 3 aliphatic heterocycles. The van der Waals surface area contributed by atoms with Crippen LogP contribution in [-0.2, 0) is 28.1 Å². The molecule has 5 heterocycles. The summed E-state index contributed by atoms with van der Waals surface area (Å²) in [6.45, 7) is 2.39. The maximum Gasteiger partial charge on any atom is 0.328 e. The average Bonchev–Trinajstić information content (AvgIpc) is 3.71. The van der Waals surface area contributed by atoms with Crippen molar-refractivity contribution in [2.45, 2.75) is 56.6 Å². The topological polar surface area (TPSA) is 208 Å². The maximum atomic E-state index is 13.1. The molecule has 0 radical (unpaired) electrons. The van der Waals surface area contributed by atoms with Crippen molar-refractivity contribution in [3.8, 4) is 0 Å². The van der Waals surface area contributed by atoms with Crippen LogP contribution in [0.1, 0.15) is 37.8 Å². The van der Waals surface area contributed by atoms with Gasteiger partial charge in [-0.3, -0.25) is 19.2 Å². The van der Waals surface area contributed by atoms with E-state index in [1.165, 1.54) is 12.7 Å². The fraction of sp³-hybridized carbons (Fsp3) is 0.519. The number of benzene rings is 1. The first-order valence-electron chi connectivity index (χ1n) is 14.4. The first kappa shape index (κ1) is 30.5. The molecule has 0 bridgehead atoms. The summed E-state index contributed by atoms with van der Waals surface area (Å²) in [5, 5.41) is 17.5. The van der Waals surface area contributed by atoms with Crippen LogP contribution in [0.25, 0.3) is 11.2 Å². The number of aromatic nitrogens is 4. The summed E-state index contributed by atoms with van der Waals surface area (Å²) in [4.78, 5) is 47.2. The van der Waals surface area contributed by atoms with Gasteiger partial charge in [-0.2, -0.15) is 0 Å². The molecule has 5 N–H and O–H groups in total. The zero-order valence-electron chi connectivity index (χ0n) is 23.8. The highest BCUT2D eigenvalue weighted by Gasteiger charge is 2.54. The third kappa shape index (κ3) is 6.47. The van der Waals surface area contributed by atoms with E-state index in [1.807, 2.05) is 30.3 Å². The standard InChI is InChI=1S/C27H34N7O9P/c1-2-28-27(37)33-22-19-23(31-13-30-22)34(14-32-19)24-21-20(42-26(43-21)16-6-4-3-5-7-16)18(41-24)11-40-44(38,39)12-15-8-9-29-17(10-15)25(35)36/h3-7,13-15,17-18,20-21,24,26,29H,2,8-12H2,1H3,(H,35,36)(H,38,39)(H2,28,30,31,33,37)/t15?,17?,18-,20?,21+,24-,26+/m1/s1. The number of piperidine rings is 1. The molecule has 8 atom stereocenters. The van der Waals surface area contributed by atoms with Crippen LogP contribution in [0.4, 0.5) is 10.6 Å². The lowest BCUT2D eigenvalue weighted by Crippen LogP contribution is -2.44. The largest absolute Gasteiger partial charge is 0.480 e. The number of hydrogen-bond donors (Lipinski definition) is 5. The Labute approximate surface area is 252 Å². The van der Waals surface area contributed by atoms with Gasteiger partial charge in [-0.15, -0.1) is 0 Å². The molecule has 0 aliphatic carbocycles. The molecule has 4 unspecified atom stereocenters. The van der Waals surface area contributed by atoms with E-state index < -0.39 is 56.5 Å². The number of carboxylic acids is 1. The van der Waals surface area contributed by atoms with Gasteiger partial charge in [0.2, 0.25) is 0 Å². The highest BCUT2D eigenvalue weighted by molar-refractivity contribution is 7.52. The van der Waals surface area contributed by atoms with E-state index in [0.29, 0.717) is 30.7 Å². The van der Waals surface area contributed by atoms with Crippen molar-refractivity contribution in [1.82, 2.24) is 30.2 Å². The molecular formula is C27H34N7O9P. The summed E-state index contributed by atoms with van der Waals surface area (Å²) in [6.07, 6.45) is -0.243. The number of rotatable bonds is 10. The molecule has 16 nitrogen and oxygen atoms in total. The van der Waals surface area contributed by atoms with Gasteiger partial charge < -0.3 is 39.4 Å². The number of amides is 2. The second-order valence-electron chi connectivity index (χ2n) is 10.9. The van der Waals surface area contributed by atoms with E-state index in [0.717, 1.165) is 5.56 Å². The van der Waals surface area contributed by atoms with Gasteiger partial charge in [0.25, 0.3) is 0 Å². The molecule has 0 saturated carbocycles. The summed E-state index contributed by atoms with van der Waals surface area (Å²) >= 11 is 0. The monoisotopic (exact) mass is 631 g/mol. The lowest BCUT2D eigenvalue weighted by molar-refractivity contribution is -0.152. The number of carbonyl (C=O) groups is 2. The van der Waals surface area contributed by atoms with Crippen LogP contribution in [0.15, 0.2) is 43.0 Å². The van der Waals surface area contributed by atoms with Gasteiger partial charge in [0.05, 0.1) is 19.1 Å². The number of nitrogens with zero attached hydrogens (tertiary/aromatic N) is 4. The van der Waals surface area contributed by atoms with E-state index in [-0.39, 0.29) is 30.9 Å². The van der Waals surface area contributed by atoms with Crippen LogP contribution in [0, 0.1) is 5.92 Å². The lowest BCUT2D eigenvalue weighted by Gasteiger charge is -2.29. The summed E-state index contributed by atoms with van der Waals surface area (Å²) in [7, 11) is -4.11. The first-order valence-corrected chi connectivity index (χ1v) is 16.1. The summed E-state index contributed by atoms with van der Waals surface area (Å²) in [5.74, 6) is -1.06. The summed E-state index contributed by atoms with van der Waals surface area (Å²) in [6, 6.07) is 8.15. The zero-order chi connectivity index (χ0) is 30.8. The molecule has 3 aromatic rings. The van der Waals surface area contributed by atoms with Gasteiger partial charge in [0, 0.05) is 12.1 Å². The number of aliphatic carboxylic acids is 1. The van der Waals surface area contributed by atoms with Crippen molar-refractivity contribution < 1.29 is 42.9 Å². The van der Waals surface area contributed by atoms with E-state index in [4.69, 9.17) is 18.7 Å². The summed E-state index contributed by atoms with van der Waals surface area (Å²) < 4.78 is 39.3. The third-order valence-electron chi connectivity index (χ3n) is 7.86. The average molecular weight is 632 g/mol. The minimum absolute atomic E-state index is 0.169. The number of urea groups is 1. The number of carbonyl (C=O) groups excluding carboxylic acids is 1. The van der Waals surface area contributed by atoms with Crippen LogP contribution in [0.5, 0.6) is 0 Å². The number of ether oxygens (including phenoxy) is 3. The van der Waals surface area contributed by atoms with Gasteiger partial charge in [-0.1, -0.05) is 30.3 Å². The van der Waals surface area contributed by atoms with Gasteiger partial charge in [-0.25, -0.2) is 19.7 Å². The Morgan fingerprint density at radius 1 is 1.16 bits per heavy atom. The Balaban J connectivity index is 1.21. The van der Waals surface area contributed by atoms with E-state index in [1.54, 1.807) is 11.5 Å². The maximum absolute atomic E-state index is 13.1. The molecule has 3 fully saturated rings. The smallest absolute Gasteiger partial charge is 0.328 e. The second kappa shape index (κ2) is 12.9. The lowest BCUT2D eigenvalue weighted by atomic mass is 9.94. The Morgan fingerprint density at radius 2 is 1.95 bits per heavy atom. The Kier molecular flexibility index (Phi) is 8.91. The number of hydrogen-bond acceptors (Lipinski definition) is 11. The van der Waals surface area contributed by atoms with E-state index in [9.17, 15) is 24.2 Å². The van der Waals surface area contributed by atoms with Crippen LogP contribution < -0.4 is 16.0 Å². The zero-order valence-corrected chi connectivity index (χ0v) is 24.7. The van der Waals surface area contributed by atoms with Crippen molar-refractivity contribution in [1.29, 1.82) is 0 Å². The number of carboxylic acid groups (broad SMARTS) is 1. The minimum Gasteiger partial charge on any atom is -0.480 e. The molecule has 6 rings (SSSR count). The molecule has 3 aliphatic rings. The minimum atomic E-state index is -4.11. The number of nitrogens with one attached hydrogen (secondary N) is 3. The highest BCUT2D eigenvalue weighted by atomic mass is 31.2. The molecule has 2 aromatic heterocycles. The van der Waals surface area contributed by atoms with Gasteiger partial charge in [0.15, 0.2) is 29.5 Å². The van der Waals surface area contributed by atoms with Crippen molar-refractivity contribution in [3.05, 3.63) is 48.5 Å². The molecule has 1 aromatic carbocycles. The summed E-state index contributed by atoms with van der Waals surface area (Å²) in [5.41, 5.74) is 1.49. The fourth-order valence-corrected chi connectivity index (χ4v) is 7.29. The van der Waals surface area contributed by atoms with Crippen LogP contribution in [0.3, 0.4) is 0 Å². The molecule has 17 heteroatoms. The Bertz CT molecular complexity index is 1540. The van der Waals surface area contributed by atoms with Gasteiger partial charge >= 0.3 is 19.6 Å². The first-order chi connectivity index (χ1) is 21.2. The molecule has 0 spiro atoms. The highest BCUT2D eigenvalue weighted by Crippen LogP contribution is 2.49. The van der Waals surface area contributed by atoms with Gasteiger partial charge in [0.1, 0.15) is 30.7 Å². The Morgan fingerprint density at radius 3 is 2.73 bits per heavy atom. The predicted octanol–water partition coefficient (Wildman–Crippen LogP) is 2.00. The number of fused-ring (bicyclic) bond motifs is 2. The number of anilines is 1. The van der Waals surface area contributed by atoms with E-state index >= 15 is 0 Å².